The van der Waals surface area contributed by atoms with Crippen LogP contribution in [0.3, 0.4) is 0 Å². The van der Waals surface area contributed by atoms with E-state index in [9.17, 15) is 5.11 Å². The second kappa shape index (κ2) is 11.1. The zero-order chi connectivity index (χ0) is 21.5. The molecule has 2 aromatic heterocycles. The molecule has 3 heterocycles. The molecule has 1 saturated heterocycles. The number of nitrogens with one attached hydrogen (secondary N) is 2. The van der Waals surface area contributed by atoms with Crippen molar-refractivity contribution in [1.29, 1.82) is 0 Å². The van der Waals surface area contributed by atoms with Gasteiger partial charge in [-0.15, -0.1) is 0 Å². The molecule has 0 spiro atoms. The second-order valence-corrected chi connectivity index (χ2v) is 9.35. The molecule has 4 rings (SSSR count). The maximum atomic E-state index is 9.49. The quantitative estimate of drug-likeness (QED) is 0.312. The molecule has 3 N–H and O–H groups in total. The van der Waals surface area contributed by atoms with Crippen LogP contribution >= 0.6 is 23.1 Å². The van der Waals surface area contributed by atoms with Crippen molar-refractivity contribution in [3.05, 3.63) is 35.9 Å². The number of benzene rings is 1. The Morgan fingerprint density at radius 2 is 2.00 bits per heavy atom. The van der Waals surface area contributed by atoms with Gasteiger partial charge in [-0.25, -0.2) is 9.97 Å². The van der Waals surface area contributed by atoms with Gasteiger partial charge in [-0.2, -0.15) is 4.98 Å². The first-order valence-corrected chi connectivity index (χ1v) is 12.3. The number of fused-ring (bicyclic) bond motifs is 1. The van der Waals surface area contributed by atoms with Crippen molar-refractivity contribution in [2.45, 2.75) is 23.9 Å². The third-order valence-corrected chi connectivity index (χ3v) is 6.84. The van der Waals surface area contributed by atoms with Crippen molar-refractivity contribution in [1.82, 2.24) is 19.9 Å². The van der Waals surface area contributed by atoms with Gasteiger partial charge in [0.05, 0.1) is 19.8 Å². The fourth-order valence-corrected chi connectivity index (χ4v) is 4.87. The smallest absolute Gasteiger partial charge is 0.191 e. The number of rotatable bonds is 10. The Hall–Kier alpha value is -1.98. The Kier molecular flexibility index (Phi) is 7.92. The van der Waals surface area contributed by atoms with E-state index in [4.69, 9.17) is 14.7 Å². The lowest BCUT2D eigenvalue weighted by molar-refractivity contribution is 0.0398. The summed E-state index contributed by atoms with van der Waals surface area (Å²) in [6.07, 6.45) is 0. The summed E-state index contributed by atoms with van der Waals surface area (Å²) in [7, 11) is 0. The number of aliphatic hydroxyl groups excluding tert-OH is 1. The largest absolute Gasteiger partial charge is 0.394 e. The molecular formula is C21H28N6O2S2. The molecule has 0 saturated carbocycles. The molecule has 1 atom stereocenters. The van der Waals surface area contributed by atoms with E-state index < -0.39 is 0 Å². The topological polar surface area (TPSA) is 95.4 Å². The molecule has 166 valence electrons. The minimum Gasteiger partial charge on any atom is -0.394 e. The van der Waals surface area contributed by atoms with Crippen molar-refractivity contribution in [3.8, 4) is 0 Å². The van der Waals surface area contributed by atoms with Gasteiger partial charge in [-0.1, -0.05) is 53.4 Å². The molecule has 1 fully saturated rings. The lowest BCUT2D eigenvalue weighted by Gasteiger charge is -2.26. The van der Waals surface area contributed by atoms with Crippen LogP contribution in [0.5, 0.6) is 0 Å². The van der Waals surface area contributed by atoms with Gasteiger partial charge in [0.1, 0.15) is 4.70 Å². The van der Waals surface area contributed by atoms with E-state index in [-0.39, 0.29) is 12.6 Å². The number of ether oxygens (including phenoxy) is 1. The number of morpholine rings is 1. The average Bonchev–Trinajstić information content (AvgIpc) is 3.22. The standard InChI is InChI=1S/C21H28N6O2S2/c1-15(13-28)23-18-17-19(26-21(25-18)30-14-16-5-3-2-4-6-16)24-20(31-17)22-7-8-27-9-11-29-12-10-27/h2-6,15,28H,7-14H2,1H3,(H2,22,23,24,25,26). The fraction of sp³-hybridized carbons (Fsp3) is 0.476. The monoisotopic (exact) mass is 460 g/mol. The molecule has 1 aliphatic heterocycles. The molecule has 1 unspecified atom stereocenters. The number of hydrogen-bond acceptors (Lipinski definition) is 10. The highest BCUT2D eigenvalue weighted by Crippen LogP contribution is 2.33. The molecule has 0 radical (unpaired) electrons. The van der Waals surface area contributed by atoms with Crippen molar-refractivity contribution >= 4 is 44.4 Å². The van der Waals surface area contributed by atoms with Gasteiger partial charge < -0.3 is 20.5 Å². The number of thiazole rings is 1. The van der Waals surface area contributed by atoms with E-state index in [0.29, 0.717) is 10.8 Å². The minimum atomic E-state index is -0.107. The number of nitrogens with zero attached hydrogens (tertiary/aromatic N) is 4. The third kappa shape index (κ3) is 6.27. The number of aliphatic hydroxyl groups is 1. The Morgan fingerprint density at radius 3 is 2.77 bits per heavy atom. The zero-order valence-electron chi connectivity index (χ0n) is 17.6. The maximum Gasteiger partial charge on any atom is 0.191 e. The second-order valence-electron chi connectivity index (χ2n) is 7.41. The van der Waals surface area contributed by atoms with E-state index in [2.05, 4.69) is 32.7 Å². The van der Waals surface area contributed by atoms with Crippen molar-refractivity contribution in [3.63, 3.8) is 0 Å². The van der Waals surface area contributed by atoms with Crippen LogP contribution in [0.1, 0.15) is 12.5 Å². The molecule has 1 aromatic carbocycles. The molecule has 10 heteroatoms. The Morgan fingerprint density at radius 1 is 1.19 bits per heavy atom. The molecule has 31 heavy (non-hydrogen) atoms. The van der Waals surface area contributed by atoms with E-state index in [1.807, 2.05) is 25.1 Å². The van der Waals surface area contributed by atoms with Crippen LogP contribution in [-0.4, -0.2) is 77.0 Å². The first-order valence-electron chi connectivity index (χ1n) is 10.5. The van der Waals surface area contributed by atoms with Crippen LogP contribution in [0, 0.1) is 0 Å². The highest BCUT2D eigenvalue weighted by atomic mass is 32.2. The summed E-state index contributed by atoms with van der Waals surface area (Å²) in [6, 6.07) is 10.2. The molecular weight excluding hydrogens is 432 g/mol. The SMILES string of the molecule is CC(CO)Nc1nc(SCc2ccccc2)nc2nc(NCCN3CCOCC3)sc12. The number of anilines is 2. The third-order valence-electron chi connectivity index (χ3n) is 4.91. The summed E-state index contributed by atoms with van der Waals surface area (Å²) >= 11 is 3.13. The highest BCUT2D eigenvalue weighted by Gasteiger charge is 2.16. The van der Waals surface area contributed by atoms with Crippen LogP contribution in [-0.2, 0) is 10.5 Å². The normalized spacial score (nSPS) is 15.8. The molecule has 0 bridgehead atoms. The first-order chi connectivity index (χ1) is 15.2. The first kappa shape index (κ1) is 22.2. The summed E-state index contributed by atoms with van der Waals surface area (Å²) in [4.78, 5) is 16.5. The van der Waals surface area contributed by atoms with Crippen molar-refractivity contribution < 1.29 is 9.84 Å². The van der Waals surface area contributed by atoms with Crippen LogP contribution < -0.4 is 10.6 Å². The van der Waals surface area contributed by atoms with Gasteiger partial charge in [-0.05, 0) is 12.5 Å². The summed E-state index contributed by atoms with van der Waals surface area (Å²) in [6.45, 7) is 7.28. The van der Waals surface area contributed by atoms with Crippen LogP contribution in [0.2, 0.25) is 0 Å². The zero-order valence-corrected chi connectivity index (χ0v) is 19.2. The van der Waals surface area contributed by atoms with E-state index in [1.165, 1.54) is 5.56 Å². The minimum absolute atomic E-state index is 0.0292. The van der Waals surface area contributed by atoms with Crippen molar-refractivity contribution in [2.24, 2.45) is 0 Å². The van der Waals surface area contributed by atoms with E-state index in [1.54, 1.807) is 23.1 Å². The summed E-state index contributed by atoms with van der Waals surface area (Å²) in [5, 5.41) is 17.7. The van der Waals surface area contributed by atoms with Gasteiger partial charge in [0.25, 0.3) is 0 Å². The van der Waals surface area contributed by atoms with Crippen molar-refractivity contribution in [2.75, 3.05) is 56.6 Å². The molecule has 8 nitrogen and oxygen atoms in total. The predicted molar refractivity (Wildman–Crippen MR) is 127 cm³/mol. The number of hydrogen-bond donors (Lipinski definition) is 3. The lowest BCUT2D eigenvalue weighted by atomic mass is 10.2. The van der Waals surface area contributed by atoms with Crippen LogP contribution in [0.4, 0.5) is 10.9 Å². The summed E-state index contributed by atoms with van der Waals surface area (Å²) in [5.74, 6) is 1.51. The van der Waals surface area contributed by atoms with Gasteiger partial charge in [0.15, 0.2) is 21.8 Å². The summed E-state index contributed by atoms with van der Waals surface area (Å²) < 4.78 is 6.30. The average molecular weight is 461 g/mol. The van der Waals surface area contributed by atoms with Gasteiger partial charge >= 0.3 is 0 Å². The van der Waals surface area contributed by atoms with Crippen LogP contribution in [0.25, 0.3) is 10.3 Å². The van der Waals surface area contributed by atoms with Gasteiger partial charge in [0.2, 0.25) is 0 Å². The predicted octanol–water partition coefficient (Wildman–Crippen LogP) is 2.92. The summed E-state index contributed by atoms with van der Waals surface area (Å²) in [5.41, 5.74) is 1.90. The fourth-order valence-electron chi connectivity index (χ4n) is 3.19. The molecule has 0 amide bonds. The highest BCUT2D eigenvalue weighted by molar-refractivity contribution is 7.98. The van der Waals surface area contributed by atoms with E-state index >= 15 is 0 Å². The van der Waals surface area contributed by atoms with Crippen LogP contribution in [0.15, 0.2) is 35.5 Å². The molecule has 0 aliphatic carbocycles. The maximum absolute atomic E-state index is 9.49. The number of aromatic nitrogens is 3. The lowest BCUT2D eigenvalue weighted by Crippen LogP contribution is -2.38. The van der Waals surface area contributed by atoms with Gasteiger partial charge in [-0.3, -0.25) is 4.90 Å². The van der Waals surface area contributed by atoms with Gasteiger partial charge in [0, 0.05) is 38.0 Å². The Labute approximate surface area is 190 Å². The Balaban J connectivity index is 1.48. The van der Waals surface area contributed by atoms with E-state index in [0.717, 1.165) is 60.8 Å². The molecule has 1 aliphatic rings. The number of thioether (sulfide) groups is 1. The Bertz CT molecular complexity index is 965. The molecule has 3 aromatic rings.